The molecule has 2 atom stereocenters. The summed E-state index contributed by atoms with van der Waals surface area (Å²) < 4.78 is 21.9. The average Bonchev–Trinajstić information content (AvgIpc) is 3.77. The van der Waals surface area contributed by atoms with Crippen molar-refractivity contribution in [1.82, 2.24) is 19.4 Å². The van der Waals surface area contributed by atoms with E-state index in [4.69, 9.17) is 42.4 Å². The van der Waals surface area contributed by atoms with Crippen LogP contribution >= 0.6 is 23.2 Å². The lowest BCUT2D eigenvalue weighted by atomic mass is 10.2. The summed E-state index contributed by atoms with van der Waals surface area (Å²) in [4.78, 5) is 10.1. The van der Waals surface area contributed by atoms with E-state index in [-0.39, 0.29) is 12.2 Å². The zero-order valence-electron chi connectivity index (χ0n) is 25.9. The van der Waals surface area contributed by atoms with Gasteiger partial charge < -0.3 is 18.8 Å². The molecule has 44 heavy (non-hydrogen) atoms. The van der Waals surface area contributed by atoms with Crippen molar-refractivity contribution in [3.63, 3.8) is 0 Å². The number of rotatable bonds is 12. The molecule has 0 radical (unpaired) electrons. The first-order valence-corrected chi connectivity index (χ1v) is 16.7. The van der Waals surface area contributed by atoms with Gasteiger partial charge in [0.2, 0.25) is 0 Å². The predicted octanol–water partition coefficient (Wildman–Crippen LogP) is 8.55. The number of likely N-dealkylation sites (tertiary alicyclic amines) is 2. The first-order valence-electron chi connectivity index (χ1n) is 16.0. The Balaban J connectivity index is 1.39. The maximum Gasteiger partial charge on any atom is 0.151 e. The van der Waals surface area contributed by atoms with E-state index in [1.165, 1.54) is 0 Å². The largest absolute Gasteiger partial charge is 0.489 e. The van der Waals surface area contributed by atoms with Gasteiger partial charge in [0.15, 0.2) is 5.75 Å². The number of likely N-dealkylation sites (N-methyl/N-ethyl adjacent to an activating group) is 2. The number of hydrogen-bond donors (Lipinski definition) is 0. The van der Waals surface area contributed by atoms with Crippen molar-refractivity contribution in [3.8, 4) is 34.4 Å². The fourth-order valence-electron chi connectivity index (χ4n) is 6.20. The van der Waals surface area contributed by atoms with Crippen LogP contribution in [0.15, 0.2) is 54.6 Å². The van der Waals surface area contributed by atoms with Gasteiger partial charge in [0.1, 0.15) is 40.8 Å². The number of aromatic nitrogens is 2. The molecule has 2 unspecified atom stereocenters. The molecule has 3 heterocycles. The summed E-state index contributed by atoms with van der Waals surface area (Å²) >= 11 is 12.4. The quantitative estimate of drug-likeness (QED) is 0.155. The van der Waals surface area contributed by atoms with Crippen LogP contribution < -0.4 is 14.2 Å². The fraction of sp³-hybridized carbons (Fsp3) is 0.457. The lowest BCUT2D eigenvalue weighted by Crippen LogP contribution is -2.25. The van der Waals surface area contributed by atoms with E-state index in [0.29, 0.717) is 21.5 Å². The summed E-state index contributed by atoms with van der Waals surface area (Å²) in [5, 5.41) is 0.950. The second-order valence-corrected chi connectivity index (χ2v) is 12.6. The van der Waals surface area contributed by atoms with Crippen molar-refractivity contribution >= 4 is 34.2 Å². The minimum atomic E-state index is 0.127. The second kappa shape index (κ2) is 14.0. The molecule has 4 aromatic rings. The molecule has 2 fully saturated rings. The van der Waals surface area contributed by atoms with Gasteiger partial charge in [-0.3, -0.25) is 9.80 Å². The highest BCUT2D eigenvalue weighted by molar-refractivity contribution is 6.42. The van der Waals surface area contributed by atoms with E-state index in [2.05, 4.69) is 53.3 Å². The average molecular weight is 638 g/mol. The fourth-order valence-corrected chi connectivity index (χ4v) is 6.48. The molecule has 2 aliphatic rings. The van der Waals surface area contributed by atoms with E-state index >= 15 is 0 Å². The number of imidazole rings is 1. The van der Waals surface area contributed by atoms with Crippen LogP contribution in [0.2, 0.25) is 10.0 Å². The number of hydrogen-bond acceptors (Lipinski definition) is 6. The van der Waals surface area contributed by atoms with Gasteiger partial charge in [-0.25, -0.2) is 4.98 Å². The highest BCUT2D eigenvalue weighted by atomic mass is 35.5. The van der Waals surface area contributed by atoms with Crippen molar-refractivity contribution < 1.29 is 14.2 Å². The maximum atomic E-state index is 6.74. The highest BCUT2D eigenvalue weighted by Crippen LogP contribution is 2.38. The minimum Gasteiger partial charge on any atom is -0.489 e. The van der Waals surface area contributed by atoms with Gasteiger partial charge in [-0.15, -0.1) is 0 Å². The Morgan fingerprint density at radius 1 is 0.795 bits per heavy atom. The molecule has 1 aromatic heterocycles. The number of ether oxygens (including phenoxy) is 3. The number of benzene rings is 3. The second-order valence-electron chi connectivity index (χ2n) is 11.8. The van der Waals surface area contributed by atoms with Crippen LogP contribution in [0.4, 0.5) is 0 Å². The number of fused-ring (bicyclic) bond motifs is 1. The summed E-state index contributed by atoms with van der Waals surface area (Å²) in [6.45, 7) is 13.5. The molecular formula is C35H42Cl2N4O3. The summed E-state index contributed by atoms with van der Waals surface area (Å²) in [6, 6.07) is 17.5. The van der Waals surface area contributed by atoms with Gasteiger partial charge in [0, 0.05) is 56.5 Å². The Kier molecular flexibility index (Phi) is 9.86. The van der Waals surface area contributed by atoms with Crippen LogP contribution in [-0.2, 0) is 6.54 Å². The topological polar surface area (TPSA) is 52.0 Å². The van der Waals surface area contributed by atoms with Crippen molar-refractivity contribution in [1.29, 1.82) is 0 Å². The Labute approximate surface area is 270 Å². The van der Waals surface area contributed by atoms with Gasteiger partial charge >= 0.3 is 0 Å². The Hall–Kier alpha value is -2.97. The molecule has 0 aliphatic carbocycles. The molecule has 3 aromatic carbocycles. The summed E-state index contributed by atoms with van der Waals surface area (Å²) in [5.74, 6) is 3.85. The van der Waals surface area contributed by atoms with Gasteiger partial charge in [-0.05, 0) is 56.6 Å². The smallest absolute Gasteiger partial charge is 0.151 e. The molecule has 0 N–H and O–H groups in total. The Morgan fingerprint density at radius 2 is 1.52 bits per heavy atom. The van der Waals surface area contributed by atoms with Crippen molar-refractivity contribution in [3.05, 3.63) is 64.6 Å². The number of unbranched alkanes of at least 4 members (excludes halogenated alkanes) is 1. The SMILES string of the molecule is CCCCn1c(-c2cccc(Oc3ccc(Cl)c(Cl)c3)c2)nc2c(OC3CCN(CC)C3)cc(OC3CCN(CC)C3)cc21. The number of aryl methyl sites for hydroxylation is 1. The normalized spacial score (nSPS) is 19.2. The van der Waals surface area contributed by atoms with Gasteiger partial charge in [-0.2, -0.15) is 0 Å². The predicted molar refractivity (Wildman–Crippen MR) is 179 cm³/mol. The van der Waals surface area contributed by atoms with Crippen LogP contribution in [-0.4, -0.2) is 70.8 Å². The Bertz CT molecular complexity index is 1590. The van der Waals surface area contributed by atoms with Gasteiger partial charge in [-0.1, -0.05) is 62.5 Å². The van der Waals surface area contributed by atoms with E-state index in [9.17, 15) is 0 Å². The van der Waals surface area contributed by atoms with Crippen LogP contribution in [0.5, 0.6) is 23.0 Å². The first-order chi connectivity index (χ1) is 21.4. The van der Waals surface area contributed by atoms with Crippen molar-refractivity contribution in [2.75, 3.05) is 39.3 Å². The molecular weight excluding hydrogens is 595 g/mol. The molecule has 234 valence electrons. The number of halogens is 2. The lowest BCUT2D eigenvalue weighted by Gasteiger charge is -2.19. The molecule has 6 rings (SSSR count). The van der Waals surface area contributed by atoms with Gasteiger partial charge in [0.05, 0.1) is 15.6 Å². The Morgan fingerprint density at radius 3 is 2.20 bits per heavy atom. The number of nitrogens with zero attached hydrogens (tertiary/aromatic N) is 4. The van der Waals surface area contributed by atoms with Gasteiger partial charge in [0.25, 0.3) is 0 Å². The van der Waals surface area contributed by atoms with Crippen LogP contribution in [0.3, 0.4) is 0 Å². The summed E-state index contributed by atoms with van der Waals surface area (Å²) in [7, 11) is 0. The standard InChI is InChI=1S/C35H42Cl2N4O3/c1-4-7-15-41-32-20-29(43-27-13-16-39(5-2)22-27)21-33(44-28-14-17-40(6-3)23-28)34(32)38-35(41)24-9-8-10-25(18-24)42-26-11-12-30(36)31(37)19-26/h8-12,18-21,27-28H,4-7,13-17,22-23H2,1-3H3. The summed E-state index contributed by atoms with van der Waals surface area (Å²) in [6.07, 6.45) is 4.44. The van der Waals surface area contributed by atoms with E-state index in [0.717, 1.165) is 105 Å². The molecule has 2 saturated heterocycles. The van der Waals surface area contributed by atoms with E-state index in [1.807, 2.05) is 24.3 Å². The van der Waals surface area contributed by atoms with Crippen LogP contribution in [0, 0.1) is 0 Å². The third kappa shape index (κ3) is 6.96. The van der Waals surface area contributed by atoms with Crippen LogP contribution in [0.1, 0.15) is 46.5 Å². The molecule has 7 nitrogen and oxygen atoms in total. The highest BCUT2D eigenvalue weighted by Gasteiger charge is 2.27. The molecule has 2 aliphatic heterocycles. The van der Waals surface area contributed by atoms with E-state index in [1.54, 1.807) is 12.1 Å². The third-order valence-corrected chi connectivity index (χ3v) is 9.43. The van der Waals surface area contributed by atoms with E-state index < -0.39 is 0 Å². The third-order valence-electron chi connectivity index (χ3n) is 8.70. The van der Waals surface area contributed by atoms with Crippen LogP contribution in [0.25, 0.3) is 22.4 Å². The molecule has 0 bridgehead atoms. The molecule has 9 heteroatoms. The van der Waals surface area contributed by atoms with Crippen molar-refractivity contribution in [2.45, 2.75) is 65.2 Å². The first kappa shape index (κ1) is 31.0. The zero-order chi connectivity index (χ0) is 30.6. The molecule has 0 spiro atoms. The molecule has 0 saturated carbocycles. The zero-order valence-corrected chi connectivity index (χ0v) is 27.4. The minimum absolute atomic E-state index is 0.127. The van der Waals surface area contributed by atoms with Crippen molar-refractivity contribution in [2.24, 2.45) is 0 Å². The lowest BCUT2D eigenvalue weighted by molar-refractivity contribution is 0.193. The molecule has 0 amide bonds. The monoisotopic (exact) mass is 636 g/mol. The maximum absolute atomic E-state index is 6.74. The summed E-state index contributed by atoms with van der Waals surface area (Å²) in [5.41, 5.74) is 2.87.